The van der Waals surface area contributed by atoms with Crippen LogP contribution >= 0.6 is 0 Å². The SMILES string of the molecule is CCC1CN(C)CCCN1C1(CN)CCCCC1C. The van der Waals surface area contributed by atoms with E-state index in [9.17, 15) is 0 Å². The predicted octanol–water partition coefficient (Wildman–Crippen LogP) is 2.31. The van der Waals surface area contributed by atoms with Gasteiger partial charge in [-0.15, -0.1) is 0 Å². The van der Waals surface area contributed by atoms with Gasteiger partial charge >= 0.3 is 0 Å². The van der Waals surface area contributed by atoms with Crippen LogP contribution < -0.4 is 5.73 Å². The molecule has 0 radical (unpaired) electrons. The van der Waals surface area contributed by atoms with Gasteiger partial charge in [0.25, 0.3) is 0 Å². The van der Waals surface area contributed by atoms with Crippen molar-refractivity contribution in [2.24, 2.45) is 11.7 Å². The second-order valence-electron chi connectivity index (χ2n) is 6.83. The molecule has 112 valence electrons. The third-order valence-corrected chi connectivity index (χ3v) is 5.71. The Labute approximate surface area is 119 Å². The lowest BCUT2D eigenvalue weighted by atomic mass is 9.71. The molecule has 3 heteroatoms. The normalized spacial score (nSPS) is 39.2. The Bertz CT molecular complexity index is 281. The lowest BCUT2D eigenvalue weighted by Gasteiger charge is -2.53. The molecule has 19 heavy (non-hydrogen) atoms. The minimum absolute atomic E-state index is 0.282. The highest BCUT2D eigenvalue weighted by atomic mass is 15.3. The molecule has 1 heterocycles. The molecule has 1 aliphatic heterocycles. The quantitative estimate of drug-likeness (QED) is 0.852. The lowest BCUT2D eigenvalue weighted by molar-refractivity contribution is -0.0177. The van der Waals surface area contributed by atoms with Gasteiger partial charge in [-0.3, -0.25) is 4.90 Å². The van der Waals surface area contributed by atoms with E-state index in [4.69, 9.17) is 5.73 Å². The summed E-state index contributed by atoms with van der Waals surface area (Å²) in [5, 5.41) is 0. The maximum absolute atomic E-state index is 6.31. The number of hydrogen-bond donors (Lipinski definition) is 1. The van der Waals surface area contributed by atoms with Crippen molar-refractivity contribution in [3.63, 3.8) is 0 Å². The molecule has 2 aliphatic rings. The van der Waals surface area contributed by atoms with Crippen molar-refractivity contribution in [3.05, 3.63) is 0 Å². The molecule has 0 aromatic heterocycles. The summed E-state index contributed by atoms with van der Waals surface area (Å²) in [5.74, 6) is 0.753. The fourth-order valence-electron chi connectivity index (χ4n) is 4.42. The summed E-state index contributed by atoms with van der Waals surface area (Å²) in [6.07, 6.45) is 7.98. The smallest absolute Gasteiger partial charge is 0.0360 e. The Morgan fingerprint density at radius 1 is 1.21 bits per heavy atom. The molecule has 0 amide bonds. The van der Waals surface area contributed by atoms with Gasteiger partial charge in [0, 0.05) is 31.2 Å². The van der Waals surface area contributed by atoms with Crippen LogP contribution in [0.2, 0.25) is 0 Å². The highest BCUT2D eigenvalue weighted by molar-refractivity contribution is 5.01. The fourth-order valence-corrected chi connectivity index (χ4v) is 4.42. The lowest BCUT2D eigenvalue weighted by Crippen LogP contribution is -2.63. The maximum atomic E-state index is 6.31. The van der Waals surface area contributed by atoms with Crippen molar-refractivity contribution >= 4 is 0 Å². The molecular weight excluding hydrogens is 234 g/mol. The molecule has 1 aliphatic carbocycles. The van der Waals surface area contributed by atoms with Crippen LogP contribution in [-0.2, 0) is 0 Å². The molecule has 3 unspecified atom stereocenters. The minimum Gasteiger partial charge on any atom is -0.329 e. The van der Waals surface area contributed by atoms with Crippen LogP contribution in [0.5, 0.6) is 0 Å². The first kappa shape index (κ1) is 15.3. The van der Waals surface area contributed by atoms with E-state index in [1.807, 2.05) is 0 Å². The van der Waals surface area contributed by atoms with Crippen molar-refractivity contribution in [3.8, 4) is 0 Å². The highest BCUT2D eigenvalue weighted by Gasteiger charge is 2.44. The summed E-state index contributed by atoms with van der Waals surface area (Å²) in [5.41, 5.74) is 6.59. The van der Waals surface area contributed by atoms with Crippen molar-refractivity contribution < 1.29 is 0 Å². The summed E-state index contributed by atoms with van der Waals surface area (Å²) < 4.78 is 0. The van der Waals surface area contributed by atoms with Crippen LogP contribution in [-0.4, -0.2) is 54.6 Å². The van der Waals surface area contributed by atoms with Gasteiger partial charge < -0.3 is 10.6 Å². The van der Waals surface area contributed by atoms with Crippen LogP contribution in [0, 0.1) is 5.92 Å². The summed E-state index contributed by atoms with van der Waals surface area (Å²) in [7, 11) is 2.27. The van der Waals surface area contributed by atoms with Crippen molar-refractivity contribution in [2.75, 3.05) is 33.2 Å². The van der Waals surface area contributed by atoms with Crippen LogP contribution in [0.4, 0.5) is 0 Å². The van der Waals surface area contributed by atoms with Crippen molar-refractivity contribution in [1.82, 2.24) is 9.80 Å². The number of nitrogens with zero attached hydrogens (tertiary/aromatic N) is 2. The number of nitrogens with two attached hydrogens (primary N) is 1. The molecule has 0 bridgehead atoms. The van der Waals surface area contributed by atoms with Gasteiger partial charge in [0.2, 0.25) is 0 Å². The summed E-state index contributed by atoms with van der Waals surface area (Å²) >= 11 is 0. The maximum Gasteiger partial charge on any atom is 0.0360 e. The van der Waals surface area contributed by atoms with E-state index in [-0.39, 0.29) is 5.54 Å². The van der Waals surface area contributed by atoms with E-state index in [2.05, 4.69) is 30.7 Å². The van der Waals surface area contributed by atoms with E-state index >= 15 is 0 Å². The van der Waals surface area contributed by atoms with Crippen LogP contribution in [0.15, 0.2) is 0 Å². The first-order valence-electron chi connectivity index (χ1n) is 8.29. The van der Waals surface area contributed by atoms with E-state index in [0.717, 1.165) is 12.5 Å². The van der Waals surface area contributed by atoms with Gasteiger partial charge in [0.15, 0.2) is 0 Å². The first-order valence-corrected chi connectivity index (χ1v) is 8.29. The Morgan fingerprint density at radius 2 is 2.00 bits per heavy atom. The van der Waals surface area contributed by atoms with Crippen LogP contribution in [0.1, 0.15) is 52.4 Å². The number of rotatable bonds is 3. The molecule has 2 N–H and O–H groups in total. The van der Waals surface area contributed by atoms with Gasteiger partial charge in [-0.25, -0.2) is 0 Å². The fraction of sp³-hybridized carbons (Fsp3) is 1.00. The summed E-state index contributed by atoms with van der Waals surface area (Å²) in [4.78, 5) is 5.33. The second kappa shape index (κ2) is 6.55. The topological polar surface area (TPSA) is 32.5 Å². The minimum atomic E-state index is 0.282. The van der Waals surface area contributed by atoms with Gasteiger partial charge in [0.05, 0.1) is 0 Å². The average molecular weight is 267 g/mol. The monoisotopic (exact) mass is 267 g/mol. The van der Waals surface area contributed by atoms with E-state index < -0.39 is 0 Å². The number of hydrogen-bond acceptors (Lipinski definition) is 3. The van der Waals surface area contributed by atoms with Crippen LogP contribution in [0.25, 0.3) is 0 Å². The first-order chi connectivity index (χ1) is 9.14. The zero-order valence-corrected chi connectivity index (χ0v) is 13.2. The molecular formula is C16H33N3. The Balaban J connectivity index is 2.23. The van der Waals surface area contributed by atoms with Gasteiger partial charge in [-0.1, -0.05) is 26.7 Å². The van der Waals surface area contributed by atoms with E-state index in [1.165, 1.54) is 58.2 Å². The molecule has 3 nitrogen and oxygen atoms in total. The molecule has 0 aromatic carbocycles. The third kappa shape index (κ3) is 2.98. The average Bonchev–Trinajstić information content (AvgIpc) is 2.61. The number of likely N-dealkylation sites (N-methyl/N-ethyl adjacent to an activating group) is 1. The second-order valence-corrected chi connectivity index (χ2v) is 6.83. The molecule has 0 spiro atoms. The van der Waals surface area contributed by atoms with Crippen molar-refractivity contribution in [2.45, 2.75) is 64.0 Å². The molecule has 1 saturated heterocycles. The molecule has 3 atom stereocenters. The van der Waals surface area contributed by atoms with Crippen molar-refractivity contribution in [1.29, 1.82) is 0 Å². The Hall–Kier alpha value is -0.120. The highest BCUT2D eigenvalue weighted by Crippen LogP contribution is 2.40. The Kier molecular flexibility index (Phi) is 5.27. The molecule has 2 fully saturated rings. The zero-order chi connectivity index (χ0) is 13.9. The summed E-state index contributed by atoms with van der Waals surface area (Å²) in [6.45, 7) is 9.31. The molecule has 1 saturated carbocycles. The standard InChI is InChI=1S/C16H33N3/c1-4-15-12-18(3)10-7-11-19(15)16(13-17)9-6-5-8-14(16)2/h14-15H,4-13,17H2,1-3H3. The third-order valence-electron chi connectivity index (χ3n) is 5.71. The van der Waals surface area contributed by atoms with E-state index in [1.54, 1.807) is 0 Å². The largest absolute Gasteiger partial charge is 0.329 e. The Morgan fingerprint density at radius 3 is 2.63 bits per heavy atom. The zero-order valence-electron chi connectivity index (χ0n) is 13.2. The van der Waals surface area contributed by atoms with Gasteiger partial charge in [-0.2, -0.15) is 0 Å². The van der Waals surface area contributed by atoms with Gasteiger partial charge in [-0.05, 0) is 45.2 Å². The molecule has 2 rings (SSSR count). The van der Waals surface area contributed by atoms with Gasteiger partial charge in [0.1, 0.15) is 0 Å². The summed E-state index contributed by atoms with van der Waals surface area (Å²) in [6, 6.07) is 0.691. The predicted molar refractivity (Wildman–Crippen MR) is 82.3 cm³/mol. The van der Waals surface area contributed by atoms with Crippen LogP contribution in [0.3, 0.4) is 0 Å². The molecule has 0 aromatic rings. The van der Waals surface area contributed by atoms with E-state index in [0.29, 0.717) is 6.04 Å².